The first kappa shape index (κ1) is 13.5. The van der Waals surface area contributed by atoms with Crippen molar-refractivity contribution in [2.45, 2.75) is 31.3 Å². The van der Waals surface area contributed by atoms with Gasteiger partial charge in [-0.15, -0.1) is 0 Å². The number of benzene rings is 1. The predicted octanol–water partition coefficient (Wildman–Crippen LogP) is -0.0152. The summed E-state index contributed by atoms with van der Waals surface area (Å²) in [7, 11) is 0. The maximum atomic E-state index is 11.6. The van der Waals surface area contributed by atoms with Crippen molar-refractivity contribution in [3.8, 4) is 0 Å². The molecule has 5 heteroatoms. The van der Waals surface area contributed by atoms with Gasteiger partial charge in [0.2, 0.25) is 0 Å². The van der Waals surface area contributed by atoms with Crippen LogP contribution in [-0.4, -0.2) is 35.6 Å². The Kier molecular flexibility index (Phi) is 4.52. The lowest BCUT2D eigenvalue weighted by atomic mass is 10.1. The summed E-state index contributed by atoms with van der Waals surface area (Å²) in [6, 6.07) is 9.23. The molecule has 1 saturated carbocycles. The zero-order chi connectivity index (χ0) is 13.7. The van der Waals surface area contributed by atoms with Gasteiger partial charge >= 0.3 is 11.8 Å². The number of rotatable bonds is 5. The monoisotopic (exact) mass is 262 g/mol. The summed E-state index contributed by atoms with van der Waals surface area (Å²) < 4.78 is 0. The lowest BCUT2D eigenvalue weighted by molar-refractivity contribution is -0.139. The minimum absolute atomic E-state index is 0.153. The summed E-state index contributed by atoms with van der Waals surface area (Å²) in [6.45, 7) is -0.197. The van der Waals surface area contributed by atoms with E-state index >= 15 is 0 Å². The first-order valence-corrected chi connectivity index (χ1v) is 6.45. The van der Waals surface area contributed by atoms with E-state index in [9.17, 15) is 14.7 Å². The Morgan fingerprint density at radius 2 is 1.89 bits per heavy atom. The highest BCUT2D eigenvalue weighted by Gasteiger charge is 2.27. The first-order chi connectivity index (χ1) is 9.19. The minimum atomic E-state index is -0.679. The lowest BCUT2D eigenvalue weighted by Gasteiger charge is -2.16. The molecule has 1 aliphatic rings. The van der Waals surface area contributed by atoms with Crippen LogP contribution in [0.2, 0.25) is 0 Å². The Morgan fingerprint density at radius 3 is 2.47 bits per heavy atom. The third kappa shape index (κ3) is 4.37. The molecule has 1 aromatic carbocycles. The molecule has 0 bridgehead atoms. The third-order valence-corrected chi connectivity index (χ3v) is 3.00. The van der Waals surface area contributed by atoms with Gasteiger partial charge in [-0.1, -0.05) is 30.3 Å². The highest BCUT2D eigenvalue weighted by molar-refractivity contribution is 6.35. The SMILES string of the molecule is O=C(NC1CC1)C(=O)NC(CO)Cc1ccccc1. The van der Waals surface area contributed by atoms with Gasteiger partial charge in [0, 0.05) is 6.04 Å². The van der Waals surface area contributed by atoms with Crippen molar-refractivity contribution in [2.24, 2.45) is 0 Å². The fraction of sp³-hybridized carbons (Fsp3) is 0.429. The second-order valence-electron chi connectivity index (χ2n) is 4.79. The average molecular weight is 262 g/mol. The minimum Gasteiger partial charge on any atom is -0.394 e. The molecule has 102 valence electrons. The van der Waals surface area contributed by atoms with Crippen LogP contribution < -0.4 is 10.6 Å². The van der Waals surface area contributed by atoms with Gasteiger partial charge in [0.25, 0.3) is 0 Å². The van der Waals surface area contributed by atoms with Crippen molar-refractivity contribution in [1.82, 2.24) is 10.6 Å². The number of amides is 2. The van der Waals surface area contributed by atoms with Crippen LogP contribution >= 0.6 is 0 Å². The Bertz CT molecular complexity index is 443. The van der Waals surface area contributed by atoms with E-state index in [2.05, 4.69) is 10.6 Å². The van der Waals surface area contributed by atoms with E-state index in [4.69, 9.17) is 0 Å². The molecule has 1 atom stereocenters. The van der Waals surface area contributed by atoms with Gasteiger partial charge in [-0.25, -0.2) is 0 Å². The smallest absolute Gasteiger partial charge is 0.309 e. The Labute approximate surface area is 112 Å². The molecule has 0 aromatic heterocycles. The van der Waals surface area contributed by atoms with Gasteiger partial charge in [-0.05, 0) is 24.8 Å². The maximum Gasteiger partial charge on any atom is 0.309 e. The quantitative estimate of drug-likeness (QED) is 0.653. The molecule has 0 spiro atoms. The molecule has 5 nitrogen and oxygen atoms in total. The fourth-order valence-electron chi connectivity index (χ4n) is 1.79. The third-order valence-electron chi connectivity index (χ3n) is 3.00. The van der Waals surface area contributed by atoms with Crippen LogP contribution in [0.15, 0.2) is 30.3 Å². The standard InChI is InChI=1S/C14H18N2O3/c17-9-12(8-10-4-2-1-3-5-10)16-14(19)13(18)15-11-6-7-11/h1-5,11-12,17H,6-9H2,(H,15,18)(H,16,19). The van der Waals surface area contributed by atoms with Crippen LogP contribution in [0, 0.1) is 0 Å². The number of hydrogen-bond donors (Lipinski definition) is 3. The summed E-state index contributed by atoms with van der Waals surface area (Å²) in [5, 5.41) is 14.4. The van der Waals surface area contributed by atoms with Crippen LogP contribution in [0.3, 0.4) is 0 Å². The van der Waals surface area contributed by atoms with Crippen LogP contribution in [0.4, 0.5) is 0 Å². The summed E-state index contributed by atoms with van der Waals surface area (Å²) >= 11 is 0. The molecule has 0 radical (unpaired) electrons. The van der Waals surface area contributed by atoms with E-state index in [1.54, 1.807) is 0 Å². The van der Waals surface area contributed by atoms with Gasteiger partial charge in [0.05, 0.1) is 12.6 Å². The molecule has 1 fully saturated rings. The number of aliphatic hydroxyl groups excluding tert-OH is 1. The van der Waals surface area contributed by atoms with E-state index in [1.807, 2.05) is 30.3 Å². The topological polar surface area (TPSA) is 78.4 Å². The van der Waals surface area contributed by atoms with Crippen LogP contribution in [0.25, 0.3) is 0 Å². The normalized spacial score (nSPS) is 15.6. The molecule has 3 N–H and O–H groups in total. The van der Waals surface area contributed by atoms with E-state index in [0.29, 0.717) is 6.42 Å². The Hall–Kier alpha value is -1.88. The number of hydrogen-bond acceptors (Lipinski definition) is 3. The van der Waals surface area contributed by atoms with Crippen LogP contribution in [0.5, 0.6) is 0 Å². The van der Waals surface area contributed by atoms with Crippen LogP contribution in [-0.2, 0) is 16.0 Å². The van der Waals surface area contributed by atoms with Crippen molar-refractivity contribution in [3.63, 3.8) is 0 Å². The summed E-state index contributed by atoms with van der Waals surface area (Å²) in [5.41, 5.74) is 1.00. The highest BCUT2D eigenvalue weighted by Crippen LogP contribution is 2.18. The number of carbonyl (C=O) groups excluding carboxylic acids is 2. The van der Waals surface area contributed by atoms with Crippen molar-refractivity contribution in [3.05, 3.63) is 35.9 Å². The maximum absolute atomic E-state index is 11.6. The number of aliphatic hydroxyl groups is 1. The Balaban J connectivity index is 1.84. The summed E-state index contributed by atoms with van der Waals surface area (Å²) in [5.74, 6) is -1.30. The molecule has 2 rings (SSSR count). The molecule has 1 unspecified atom stereocenters. The zero-order valence-corrected chi connectivity index (χ0v) is 10.6. The van der Waals surface area contributed by atoms with Crippen LogP contribution in [0.1, 0.15) is 18.4 Å². The second kappa shape index (κ2) is 6.33. The van der Waals surface area contributed by atoms with Gasteiger partial charge in [0.1, 0.15) is 0 Å². The molecule has 1 aromatic rings. The largest absolute Gasteiger partial charge is 0.394 e. The Morgan fingerprint density at radius 1 is 1.21 bits per heavy atom. The zero-order valence-electron chi connectivity index (χ0n) is 10.6. The molecule has 1 aliphatic carbocycles. The van der Waals surface area contributed by atoms with Gasteiger partial charge in [-0.2, -0.15) is 0 Å². The number of carbonyl (C=O) groups is 2. The lowest BCUT2D eigenvalue weighted by Crippen LogP contribution is -2.47. The van der Waals surface area contributed by atoms with Gasteiger partial charge < -0.3 is 15.7 Å². The average Bonchev–Trinajstić information content (AvgIpc) is 3.23. The van der Waals surface area contributed by atoms with Crippen molar-refractivity contribution < 1.29 is 14.7 Å². The van der Waals surface area contributed by atoms with Crippen molar-refractivity contribution in [2.75, 3.05) is 6.61 Å². The van der Waals surface area contributed by atoms with Crippen molar-refractivity contribution in [1.29, 1.82) is 0 Å². The highest BCUT2D eigenvalue weighted by atomic mass is 16.3. The van der Waals surface area contributed by atoms with E-state index < -0.39 is 17.9 Å². The molecule has 0 saturated heterocycles. The van der Waals surface area contributed by atoms with Gasteiger partial charge in [0.15, 0.2) is 0 Å². The van der Waals surface area contributed by atoms with Gasteiger partial charge in [-0.3, -0.25) is 9.59 Å². The second-order valence-corrected chi connectivity index (χ2v) is 4.79. The molecular formula is C14H18N2O3. The predicted molar refractivity (Wildman–Crippen MR) is 70.3 cm³/mol. The van der Waals surface area contributed by atoms with Crippen molar-refractivity contribution >= 4 is 11.8 Å². The molecule has 2 amide bonds. The number of nitrogens with one attached hydrogen (secondary N) is 2. The summed E-state index contributed by atoms with van der Waals surface area (Å²) in [4.78, 5) is 23.1. The molecule has 19 heavy (non-hydrogen) atoms. The fourth-order valence-corrected chi connectivity index (χ4v) is 1.79. The molecular weight excluding hydrogens is 244 g/mol. The molecule has 0 heterocycles. The van der Waals surface area contributed by atoms with E-state index in [1.165, 1.54) is 0 Å². The molecule has 0 aliphatic heterocycles. The van der Waals surface area contributed by atoms with E-state index in [-0.39, 0.29) is 12.6 Å². The van der Waals surface area contributed by atoms with E-state index in [0.717, 1.165) is 18.4 Å². The first-order valence-electron chi connectivity index (χ1n) is 6.45. The summed E-state index contributed by atoms with van der Waals surface area (Å²) in [6.07, 6.45) is 2.37.